The fraction of sp³-hybridized carbons (Fsp3) is 0.478. The molecule has 2 aliphatic rings. The van der Waals surface area contributed by atoms with Gasteiger partial charge in [0.15, 0.2) is 5.13 Å². The van der Waals surface area contributed by atoms with E-state index in [-0.39, 0.29) is 29.2 Å². The fourth-order valence-corrected chi connectivity index (χ4v) is 5.40. The van der Waals surface area contributed by atoms with Crippen molar-refractivity contribution in [3.8, 4) is 0 Å². The SMILES string of the molecule is CCC=C(C(=O)NC1C(=O)N2C(C(=O)OCOC(=O)C(C)(C)C)=C(COC(N)=O)CS[C@@H]12)c1csc(N)n1. The summed E-state index contributed by atoms with van der Waals surface area (Å²) < 4.78 is 14.9. The van der Waals surface area contributed by atoms with E-state index < -0.39 is 53.5 Å². The molecule has 1 fully saturated rings. The molecule has 2 aliphatic heterocycles. The summed E-state index contributed by atoms with van der Waals surface area (Å²) in [6.45, 7) is 5.74. The van der Waals surface area contributed by atoms with Gasteiger partial charge in [-0.15, -0.1) is 23.1 Å². The zero-order chi connectivity index (χ0) is 28.2. The molecule has 1 aromatic rings. The fourth-order valence-electron chi connectivity index (χ4n) is 3.51. The highest BCUT2D eigenvalue weighted by Crippen LogP contribution is 2.41. The minimum Gasteiger partial charge on any atom is -0.445 e. The van der Waals surface area contributed by atoms with Gasteiger partial charge in [0.05, 0.1) is 16.7 Å². The van der Waals surface area contributed by atoms with Gasteiger partial charge in [-0.05, 0) is 27.2 Å². The zero-order valence-electron chi connectivity index (χ0n) is 21.3. The molecule has 1 saturated heterocycles. The molecule has 3 amide bonds. The Kier molecular flexibility index (Phi) is 9.04. The van der Waals surface area contributed by atoms with Gasteiger partial charge in [0.2, 0.25) is 6.79 Å². The number of β-lactam (4-membered cyclic amide) rings is 1. The Bertz CT molecular complexity index is 1200. The van der Waals surface area contributed by atoms with E-state index in [1.807, 2.05) is 6.92 Å². The maximum absolute atomic E-state index is 13.1. The first-order chi connectivity index (χ1) is 17.8. The topological polar surface area (TPSA) is 193 Å². The van der Waals surface area contributed by atoms with Crippen LogP contribution in [0.5, 0.6) is 0 Å². The van der Waals surface area contributed by atoms with Crippen LogP contribution in [0.4, 0.5) is 9.93 Å². The third-order valence-corrected chi connectivity index (χ3v) is 7.37. The molecule has 206 valence electrons. The number of nitrogen functional groups attached to an aromatic ring is 1. The molecule has 0 radical (unpaired) electrons. The molecule has 0 aliphatic carbocycles. The Hall–Kier alpha value is -3.59. The number of nitrogens with one attached hydrogen (secondary N) is 1. The molecule has 5 N–H and O–H groups in total. The molecular formula is C23H29N5O8S2. The van der Waals surface area contributed by atoms with Gasteiger partial charge in [-0.1, -0.05) is 13.0 Å². The van der Waals surface area contributed by atoms with Crippen LogP contribution in [0, 0.1) is 5.41 Å². The van der Waals surface area contributed by atoms with E-state index in [0.717, 1.165) is 4.90 Å². The third-order valence-electron chi connectivity index (χ3n) is 5.36. The highest BCUT2D eigenvalue weighted by Gasteiger charge is 2.54. The lowest BCUT2D eigenvalue weighted by molar-refractivity contribution is -0.173. The van der Waals surface area contributed by atoms with Crippen molar-refractivity contribution in [3.63, 3.8) is 0 Å². The predicted molar refractivity (Wildman–Crippen MR) is 139 cm³/mol. The molecule has 0 aromatic carbocycles. The number of amides is 3. The van der Waals surface area contributed by atoms with Crippen LogP contribution < -0.4 is 16.8 Å². The minimum atomic E-state index is -1.06. The number of primary amides is 1. The number of anilines is 1. The van der Waals surface area contributed by atoms with Crippen molar-refractivity contribution in [1.82, 2.24) is 15.2 Å². The van der Waals surface area contributed by atoms with Gasteiger partial charge in [0, 0.05) is 16.7 Å². The van der Waals surface area contributed by atoms with Crippen molar-refractivity contribution in [2.24, 2.45) is 11.1 Å². The lowest BCUT2D eigenvalue weighted by Crippen LogP contribution is -2.70. The maximum atomic E-state index is 13.1. The number of thiazole rings is 1. The summed E-state index contributed by atoms with van der Waals surface area (Å²) in [4.78, 5) is 67.6. The molecular weight excluding hydrogens is 538 g/mol. The minimum absolute atomic E-state index is 0.158. The average molecular weight is 568 g/mol. The van der Waals surface area contributed by atoms with Crippen molar-refractivity contribution in [2.45, 2.75) is 45.5 Å². The molecule has 15 heteroatoms. The summed E-state index contributed by atoms with van der Waals surface area (Å²) in [6.07, 6.45) is 1.17. The highest BCUT2D eigenvalue weighted by molar-refractivity contribution is 8.00. The zero-order valence-corrected chi connectivity index (χ0v) is 22.9. The predicted octanol–water partition coefficient (Wildman–Crippen LogP) is 1.36. The highest BCUT2D eigenvalue weighted by atomic mass is 32.2. The van der Waals surface area contributed by atoms with Gasteiger partial charge < -0.3 is 31.0 Å². The van der Waals surface area contributed by atoms with Crippen LogP contribution in [0.15, 0.2) is 22.7 Å². The Balaban J connectivity index is 1.77. The first-order valence-electron chi connectivity index (χ1n) is 11.5. The van der Waals surface area contributed by atoms with Gasteiger partial charge in [0.1, 0.15) is 23.7 Å². The van der Waals surface area contributed by atoms with Gasteiger partial charge in [-0.25, -0.2) is 14.6 Å². The van der Waals surface area contributed by atoms with Crippen molar-refractivity contribution < 1.29 is 38.2 Å². The smallest absolute Gasteiger partial charge is 0.404 e. The number of esters is 2. The summed E-state index contributed by atoms with van der Waals surface area (Å²) in [6, 6.07) is -0.941. The van der Waals surface area contributed by atoms with Crippen molar-refractivity contribution in [1.29, 1.82) is 0 Å². The number of ether oxygens (including phenoxy) is 3. The van der Waals surface area contributed by atoms with Crippen LogP contribution in [0.1, 0.15) is 39.8 Å². The van der Waals surface area contributed by atoms with E-state index in [9.17, 15) is 24.0 Å². The van der Waals surface area contributed by atoms with Crippen LogP contribution in [0.3, 0.4) is 0 Å². The Morgan fingerprint density at radius 2 is 1.95 bits per heavy atom. The largest absolute Gasteiger partial charge is 0.445 e. The van der Waals surface area contributed by atoms with Gasteiger partial charge >= 0.3 is 18.0 Å². The van der Waals surface area contributed by atoms with Gasteiger partial charge in [0.25, 0.3) is 11.8 Å². The summed E-state index contributed by atoms with van der Waals surface area (Å²) in [5.41, 5.74) is 10.7. The van der Waals surface area contributed by atoms with Gasteiger partial charge in [-0.2, -0.15) is 0 Å². The van der Waals surface area contributed by atoms with E-state index in [1.165, 1.54) is 23.1 Å². The normalized spacial score (nSPS) is 19.3. The molecule has 3 heterocycles. The van der Waals surface area contributed by atoms with Crippen LogP contribution in [-0.4, -0.2) is 70.3 Å². The lowest BCUT2D eigenvalue weighted by Gasteiger charge is -2.49. The molecule has 38 heavy (non-hydrogen) atoms. The monoisotopic (exact) mass is 567 g/mol. The number of nitrogens with zero attached hydrogens (tertiary/aromatic N) is 2. The molecule has 0 spiro atoms. The van der Waals surface area contributed by atoms with E-state index in [4.69, 9.17) is 25.7 Å². The van der Waals surface area contributed by atoms with Crippen LogP contribution in [0.2, 0.25) is 0 Å². The van der Waals surface area contributed by atoms with Crippen LogP contribution in [0.25, 0.3) is 5.57 Å². The molecule has 3 rings (SSSR count). The number of carbonyl (C=O) groups is 5. The third kappa shape index (κ3) is 6.45. The first kappa shape index (κ1) is 29.0. The summed E-state index contributed by atoms with van der Waals surface area (Å²) in [7, 11) is 0. The maximum Gasteiger partial charge on any atom is 0.404 e. The van der Waals surface area contributed by atoms with E-state index in [0.29, 0.717) is 17.2 Å². The van der Waals surface area contributed by atoms with Crippen LogP contribution >= 0.6 is 23.1 Å². The molecule has 2 atom stereocenters. The average Bonchev–Trinajstić information content (AvgIpc) is 3.28. The van der Waals surface area contributed by atoms with E-state index in [1.54, 1.807) is 32.2 Å². The summed E-state index contributed by atoms with van der Waals surface area (Å²) >= 11 is 2.45. The first-order valence-corrected chi connectivity index (χ1v) is 13.4. The van der Waals surface area contributed by atoms with Crippen molar-refractivity contribution in [2.75, 3.05) is 24.9 Å². The molecule has 0 bridgehead atoms. The van der Waals surface area contributed by atoms with Gasteiger partial charge in [-0.3, -0.25) is 19.3 Å². The second-order valence-electron chi connectivity index (χ2n) is 9.25. The molecule has 1 unspecified atom stereocenters. The van der Waals surface area contributed by atoms with Crippen molar-refractivity contribution in [3.05, 3.63) is 28.4 Å². The Morgan fingerprint density at radius 3 is 2.53 bits per heavy atom. The lowest BCUT2D eigenvalue weighted by atomic mass is 9.98. The second kappa shape index (κ2) is 11.9. The molecule has 0 saturated carbocycles. The van der Waals surface area contributed by atoms with Crippen molar-refractivity contribution >= 4 is 63.6 Å². The number of hydrogen-bond acceptors (Lipinski definition) is 12. The number of allylic oxidation sites excluding steroid dienone is 1. The second-order valence-corrected chi connectivity index (χ2v) is 11.2. The number of fused-ring (bicyclic) bond motifs is 1. The Morgan fingerprint density at radius 1 is 1.24 bits per heavy atom. The number of rotatable bonds is 9. The number of hydrogen-bond donors (Lipinski definition) is 3. The summed E-state index contributed by atoms with van der Waals surface area (Å²) in [5, 5.41) is 4.03. The quantitative estimate of drug-likeness (QED) is 0.169. The van der Waals surface area contributed by atoms with E-state index in [2.05, 4.69) is 10.3 Å². The summed E-state index contributed by atoms with van der Waals surface area (Å²) in [5.74, 6) is -2.45. The number of nitrogens with two attached hydrogens (primary N) is 2. The number of aromatic nitrogens is 1. The number of thioether (sulfide) groups is 1. The van der Waals surface area contributed by atoms with Crippen LogP contribution in [-0.2, 0) is 33.4 Å². The number of carbonyl (C=O) groups excluding carboxylic acids is 5. The Labute approximate surface area is 226 Å². The standard InChI is InChI=1S/C23H29N5O8S2/c1-5-6-12(13-9-38-21(24)26-13)16(29)27-14-17(30)28-15(11(7-34-22(25)33)8-37-18(14)28)19(31)35-10-36-20(32)23(2,3)4/h6,9,14,18H,5,7-8,10H2,1-4H3,(H2,24,26)(H2,25,33)(H,27,29)/t14?,18-/m0/s1. The molecule has 13 nitrogen and oxygen atoms in total. The molecule has 1 aromatic heterocycles. The van der Waals surface area contributed by atoms with E-state index >= 15 is 0 Å².